The third-order valence-corrected chi connectivity index (χ3v) is 5.52. The minimum absolute atomic E-state index is 0.827. The van der Waals surface area contributed by atoms with Crippen LogP contribution in [0.25, 0.3) is 11.4 Å². The smallest absolute Gasteiger partial charge is 0.163 e. The first-order valence-electron chi connectivity index (χ1n) is 9.74. The molecular formula is C21H28N4. The second kappa shape index (κ2) is 7.42. The Morgan fingerprint density at radius 1 is 0.800 bits per heavy atom. The van der Waals surface area contributed by atoms with E-state index in [0.29, 0.717) is 0 Å². The third kappa shape index (κ3) is 3.78. The topological polar surface area (TPSA) is 32.3 Å². The van der Waals surface area contributed by atoms with Crippen molar-refractivity contribution in [2.75, 3.05) is 36.0 Å². The van der Waals surface area contributed by atoms with E-state index in [-0.39, 0.29) is 0 Å². The summed E-state index contributed by atoms with van der Waals surface area (Å²) in [5, 5.41) is 0. The molecule has 0 amide bonds. The van der Waals surface area contributed by atoms with Gasteiger partial charge in [-0.25, -0.2) is 9.97 Å². The summed E-state index contributed by atoms with van der Waals surface area (Å²) >= 11 is 0. The first kappa shape index (κ1) is 16.4. The van der Waals surface area contributed by atoms with Crippen molar-refractivity contribution < 1.29 is 0 Å². The lowest BCUT2D eigenvalue weighted by atomic mass is 9.99. The van der Waals surface area contributed by atoms with Crippen LogP contribution in [-0.4, -0.2) is 36.1 Å². The molecule has 2 aliphatic rings. The van der Waals surface area contributed by atoms with Gasteiger partial charge in [0.05, 0.1) is 0 Å². The van der Waals surface area contributed by atoms with Crippen molar-refractivity contribution in [1.29, 1.82) is 0 Å². The second-order valence-corrected chi connectivity index (χ2v) is 7.49. The van der Waals surface area contributed by atoms with Crippen LogP contribution in [0, 0.1) is 5.92 Å². The lowest BCUT2D eigenvalue weighted by molar-refractivity contribution is 0.436. The maximum Gasteiger partial charge on any atom is 0.163 e. The summed E-state index contributed by atoms with van der Waals surface area (Å²) < 4.78 is 0. The first-order chi connectivity index (χ1) is 12.3. The molecule has 1 aromatic carbocycles. The minimum Gasteiger partial charge on any atom is -0.356 e. The van der Waals surface area contributed by atoms with E-state index in [4.69, 9.17) is 9.97 Å². The first-order valence-corrected chi connectivity index (χ1v) is 9.74. The molecule has 25 heavy (non-hydrogen) atoms. The number of anilines is 2. The van der Waals surface area contributed by atoms with Crippen LogP contribution in [-0.2, 0) is 0 Å². The minimum atomic E-state index is 0.827. The molecule has 2 saturated heterocycles. The predicted octanol–water partition coefficient (Wildman–Crippen LogP) is 4.37. The summed E-state index contributed by atoms with van der Waals surface area (Å²) in [5.74, 6) is 3.88. The molecule has 4 heteroatoms. The fourth-order valence-electron chi connectivity index (χ4n) is 3.82. The number of aromatic nitrogens is 2. The van der Waals surface area contributed by atoms with Gasteiger partial charge in [0.25, 0.3) is 0 Å². The largest absolute Gasteiger partial charge is 0.356 e. The summed E-state index contributed by atoms with van der Waals surface area (Å²) in [6.45, 7) is 6.78. The van der Waals surface area contributed by atoms with Gasteiger partial charge in [-0.1, -0.05) is 37.3 Å². The van der Waals surface area contributed by atoms with Crippen LogP contribution in [0.4, 0.5) is 11.6 Å². The molecule has 0 spiro atoms. The van der Waals surface area contributed by atoms with Gasteiger partial charge in [0.1, 0.15) is 11.6 Å². The lowest BCUT2D eigenvalue weighted by Gasteiger charge is -2.33. The maximum absolute atomic E-state index is 4.94. The quantitative estimate of drug-likeness (QED) is 0.833. The molecule has 132 valence electrons. The van der Waals surface area contributed by atoms with Crippen LogP contribution in [0.1, 0.15) is 39.0 Å². The number of nitrogens with zero attached hydrogens (tertiary/aromatic N) is 4. The van der Waals surface area contributed by atoms with Gasteiger partial charge in [-0.3, -0.25) is 0 Å². The molecule has 0 aliphatic carbocycles. The van der Waals surface area contributed by atoms with Crippen molar-refractivity contribution >= 4 is 11.6 Å². The molecular weight excluding hydrogens is 308 g/mol. The molecule has 2 fully saturated rings. The Bertz CT molecular complexity index is 686. The average Bonchev–Trinajstić information content (AvgIpc) is 2.69. The molecule has 0 radical (unpaired) electrons. The molecule has 1 aromatic heterocycles. The van der Waals surface area contributed by atoms with E-state index < -0.39 is 0 Å². The highest BCUT2D eigenvalue weighted by Gasteiger charge is 2.21. The van der Waals surface area contributed by atoms with Crippen molar-refractivity contribution in [3.63, 3.8) is 0 Å². The Morgan fingerprint density at radius 3 is 2.04 bits per heavy atom. The molecule has 2 aromatic rings. The summed E-state index contributed by atoms with van der Waals surface area (Å²) in [6.07, 6.45) is 6.37. The standard InChI is InChI=1S/C21H28N4/c1-17-10-14-25(15-11-17)20-16-19(24-12-6-3-7-13-24)22-21(23-20)18-8-4-2-5-9-18/h2,4-5,8-9,16-17H,3,6-7,10-15H2,1H3. The summed E-state index contributed by atoms with van der Waals surface area (Å²) in [4.78, 5) is 14.7. The average molecular weight is 336 g/mol. The highest BCUT2D eigenvalue weighted by molar-refractivity contribution is 5.62. The van der Waals surface area contributed by atoms with Crippen molar-refractivity contribution in [2.45, 2.75) is 39.0 Å². The number of hydrogen-bond acceptors (Lipinski definition) is 4. The summed E-state index contributed by atoms with van der Waals surface area (Å²) in [7, 11) is 0. The van der Waals surface area contributed by atoms with E-state index in [1.54, 1.807) is 0 Å². The fraction of sp³-hybridized carbons (Fsp3) is 0.524. The summed E-state index contributed by atoms with van der Waals surface area (Å²) in [5.41, 5.74) is 1.10. The molecule has 0 atom stereocenters. The van der Waals surface area contributed by atoms with E-state index in [2.05, 4.69) is 47.1 Å². The predicted molar refractivity (Wildman–Crippen MR) is 104 cm³/mol. The zero-order chi connectivity index (χ0) is 17.1. The fourth-order valence-corrected chi connectivity index (χ4v) is 3.82. The second-order valence-electron chi connectivity index (χ2n) is 7.49. The number of hydrogen-bond donors (Lipinski definition) is 0. The van der Waals surface area contributed by atoms with Gasteiger partial charge in [0.2, 0.25) is 0 Å². The van der Waals surface area contributed by atoms with Gasteiger partial charge in [-0.05, 0) is 38.0 Å². The SMILES string of the molecule is CC1CCN(c2cc(N3CCCCC3)nc(-c3ccccc3)n2)CC1. The van der Waals surface area contributed by atoms with Crippen LogP contribution in [0.5, 0.6) is 0 Å². The third-order valence-electron chi connectivity index (χ3n) is 5.52. The van der Waals surface area contributed by atoms with Gasteiger partial charge in [0.15, 0.2) is 5.82 Å². The highest BCUT2D eigenvalue weighted by atomic mass is 15.2. The van der Waals surface area contributed by atoms with Crippen LogP contribution < -0.4 is 9.80 Å². The molecule has 0 bridgehead atoms. The normalized spacial score (nSPS) is 19.2. The molecule has 0 saturated carbocycles. The van der Waals surface area contributed by atoms with Crippen molar-refractivity contribution in [2.24, 2.45) is 5.92 Å². The van der Waals surface area contributed by atoms with Crippen LogP contribution in [0.15, 0.2) is 36.4 Å². The Balaban J connectivity index is 1.69. The van der Waals surface area contributed by atoms with Gasteiger partial charge in [0, 0.05) is 37.8 Å². The Kier molecular flexibility index (Phi) is 4.86. The van der Waals surface area contributed by atoms with Crippen LogP contribution in [0.2, 0.25) is 0 Å². The van der Waals surface area contributed by atoms with Gasteiger partial charge >= 0.3 is 0 Å². The monoisotopic (exact) mass is 336 g/mol. The number of rotatable bonds is 3. The van der Waals surface area contributed by atoms with E-state index in [1.165, 1.54) is 32.1 Å². The zero-order valence-electron chi connectivity index (χ0n) is 15.2. The van der Waals surface area contributed by atoms with Crippen molar-refractivity contribution in [3.05, 3.63) is 36.4 Å². The lowest BCUT2D eigenvalue weighted by Crippen LogP contribution is -2.34. The molecule has 3 heterocycles. The molecule has 4 rings (SSSR count). The van der Waals surface area contributed by atoms with Crippen molar-refractivity contribution in [1.82, 2.24) is 9.97 Å². The Morgan fingerprint density at radius 2 is 1.40 bits per heavy atom. The van der Waals surface area contributed by atoms with Crippen LogP contribution >= 0.6 is 0 Å². The number of piperidine rings is 2. The molecule has 2 aliphatic heterocycles. The van der Waals surface area contributed by atoms with Gasteiger partial charge in [-0.2, -0.15) is 0 Å². The number of benzene rings is 1. The highest BCUT2D eigenvalue weighted by Crippen LogP contribution is 2.28. The van der Waals surface area contributed by atoms with E-state index in [9.17, 15) is 0 Å². The molecule has 4 nitrogen and oxygen atoms in total. The van der Waals surface area contributed by atoms with E-state index in [1.807, 2.05) is 6.07 Å². The summed E-state index contributed by atoms with van der Waals surface area (Å²) in [6, 6.07) is 12.6. The Labute approximate surface area is 150 Å². The Hall–Kier alpha value is -2.10. The van der Waals surface area contributed by atoms with Gasteiger partial charge in [-0.15, -0.1) is 0 Å². The van der Waals surface area contributed by atoms with E-state index >= 15 is 0 Å². The van der Waals surface area contributed by atoms with E-state index in [0.717, 1.165) is 55.1 Å². The van der Waals surface area contributed by atoms with Gasteiger partial charge < -0.3 is 9.80 Å². The van der Waals surface area contributed by atoms with Crippen molar-refractivity contribution in [3.8, 4) is 11.4 Å². The molecule has 0 N–H and O–H groups in total. The zero-order valence-corrected chi connectivity index (χ0v) is 15.2. The maximum atomic E-state index is 4.94. The molecule has 0 unspecified atom stereocenters. The van der Waals surface area contributed by atoms with Crippen LogP contribution in [0.3, 0.4) is 0 Å².